The number of imide groups is 1. The lowest BCUT2D eigenvalue weighted by Gasteiger charge is -2.46. The van der Waals surface area contributed by atoms with Gasteiger partial charge in [-0.05, 0) is 28.8 Å². The number of rotatable bonds is 11. The Morgan fingerprint density at radius 1 is 0.628 bits per heavy atom. The zero-order valence-electron chi connectivity index (χ0n) is 23.5. The number of fused-ring (bicyclic) bond motifs is 1. The second-order valence-corrected chi connectivity index (χ2v) is 10.6. The lowest BCUT2D eigenvalue weighted by molar-refractivity contribution is -0.293. The Kier molecular flexibility index (Phi) is 9.02. The lowest BCUT2D eigenvalue weighted by Crippen LogP contribution is -2.66. The van der Waals surface area contributed by atoms with E-state index in [0.717, 1.165) is 21.6 Å². The minimum absolute atomic E-state index is 0.0429. The van der Waals surface area contributed by atoms with Crippen molar-refractivity contribution < 1.29 is 33.6 Å². The molecule has 4 aromatic carbocycles. The van der Waals surface area contributed by atoms with E-state index in [2.05, 4.69) is 0 Å². The van der Waals surface area contributed by atoms with Crippen LogP contribution in [0.1, 0.15) is 37.4 Å². The highest BCUT2D eigenvalue weighted by molar-refractivity contribution is 6.21. The van der Waals surface area contributed by atoms with Crippen LogP contribution < -0.4 is 0 Å². The first kappa shape index (κ1) is 28.9. The number of carbonyl (C=O) groups is 2. The number of amides is 2. The highest BCUT2D eigenvalue weighted by Gasteiger charge is 2.54. The largest absolute Gasteiger partial charge is 0.388 e. The molecular weight excluding hydrogens is 546 g/mol. The van der Waals surface area contributed by atoms with Gasteiger partial charge in [0.25, 0.3) is 11.8 Å². The summed E-state index contributed by atoms with van der Waals surface area (Å²) in [5.74, 6) is -0.969. The van der Waals surface area contributed by atoms with Crippen LogP contribution in [0.4, 0.5) is 0 Å². The Morgan fingerprint density at radius 2 is 1.09 bits per heavy atom. The van der Waals surface area contributed by atoms with Crippen molar-refractivity contribution in [3.8, 4) is 0 Å². The fraction of sp³-hybridized carbons (Fsp3) is 0.257. The molecule has 0 bridgehead atoms. The first-order chi connectivity index (χ1) is 21.1. The van der Waals surface area contributed by atoms with E-state index in [-0.39, 0.29) is 19.8 Å². The molecule has 0 aromatic heterocycles. The first-order valence-corrected chi connectivity index (χ1v) is 14.3. The maximum Gasteiger partial charge on any atom is 0.262 e. The van der Waals surface area contributed by atoms with Crippen molar-refractivity contribution in [1.82, 2.24) is 4.90 Å². The van der Waals surface area contributed by atoms with Crippen molar-refractivity contribution in [2.45, 2.75) is 50.5 Å². The summed E-state index contributed by atoms with van der Waals surface area (Å²) in [5, 5.41) is 11.7. The second-order valence-electron chi connectivity index (χ2n) is 10.6. The molecule has 0 spiro atoms. The molecule has 4 aromatic rings. The van der Waals surface area contributed by atoms with E-state index in [1.54, 1.807) is 24.3 Å². The molecule has 2 aliphatic heterocycles. The van der Waals surface area contributed by atoms with Crippen LogP contribution >= 0.6 is 0 Å². The summed E-state index contributed by atoms with van der Waals surface area (Å²) < 4.78 is 25.0. The molecule has 0 saturated carbocycles. The van der Waals surface area contributed by atoms with Gasteiger partial charge in [-0.15, -0.1) is 0 Å². The summed E-state index contributed by atoms with van der Waals surface area (Å²) in [6, 6.07) is 34.3. The molecule has 43 heavy (non-hydrogen) atoms. The number of aliphatic hydroxyl groups is 1. The van der Waals surface area contributed by atoms with Crippen LogP contribution in [0.15, 0.2) is 115 Å². The van der Waals surface area contributed by atoms with Crippen molar-refractivity contribution in [2.75, 3.05) is 6.61 Å². The molecule has 2 heterocycles. The van der Waals surface area contributed by atoms with Gasteiger partial charge in [-0.1, -0.05) is 103 Å². The molecule has 1 fully saturated rings. The lowest BCUT2D eigenvalue weighted by atomic mass is 9.95. The molecule has 6 rings (SSSR count). The van der Waals surface area contributed by atoms with E-state index in [0.29, 0.717) is 17.7 Å². The fourth-order valence-corrected chi connectivity index (χ4v) is 5.51. The van der Waals surface area contributed by atoms with Crippen molar-refractivity contribution >= 4 is 11.8 Å². The molecule has 8 heteroatoms. The summed E-state index contributed by atoms with van der Waals surface area (Å²) in [6.07, 6.45) is -4.21. The fourth-order valence-electron chi connectivity index (χ4n) is 5.51. The van der Waals surface area contributed by atoms with Crippen LogP contribution in [-0.2, 0) is 38.8 Å². The minimum atomic E-state index is -1.23. The van der Waals surface area contributed by atoms with E-state index < -0.39 is 42.5 Å². The van der Waals surface area contributed by atoms with E-state index in [1.807, 2.05) is 91.0 Å². The minimum Gasteiger partial charge on any atom is -0.388 e. The van der Waals surface area contributed by atoms with Gasteiger partial charge < -0.3 is 24.1 Å². The average Bonchev–Trinajstić information content (AvgIpc) is 3.30. The van der Waals surface area contributed by atoms with E-state index >= 15 is 0 Å². The number of aliphatic hydroxyl groups excluding tert-OH is 1. The van der Waals surface area contributed by atoms with Crippen molar-refractivity contribution in [1.29, 1.82) is 0 Å². The maximum absolute atomic E-state index is 13.7. The average molecular weight is 580 g/mol. The topological polar surface area (TPSA) is 94.5 Å². The van der Waals surface area contributed by atoms with Crippen molar-refractivity contribution in [3.63, 3.8) is 0 Å². The summed E-state index contributed by atoms with van der Waals surface area (Å²) in [5.41, 5.74) is 3.32. The summed E-state index contributed by atoms with van der Waals surface area (Å²) >= 11 is 0. The van der Waals surface area contributed by atoms with Crippen LogP contribution in [-0.4, -0.2) is 59.1 Å². The molecule has 1 saturated heterocycles. The Labute approximate surface area is 250 Å². The molecule has 1 N–H and O–H groups in total. The number of benzene rings is 4. The SMILES string of the molecule is O=C1c2ccccc2C(=O)N1C1C(OCc2ccccc2)[C@H](O)C(COCc2ccccc2)O[C@H]1OCc1ccccc1. The van der Waals surface area contributed by atoms with Crippen LogP contribution in [0, 0.1) is 0 Å². The number of hydrogen-bond acceptors (Lipinski definition) is 7. The predicted octanol–water partition coefficient (Wildman–Crippen LogP) is 4.76. The van der Waals surface area contributed by atoms with Gasteiger partial charge in [-0.25, -0.2) is 0 Å². The van der Waals surface area contributed by atoms with Gasteiger partial charge in [0, 0.05) is 0 Å². The highest BCUT2D eigenvalue weighted by Crippen LogP contribution is 2.35. The number of hydrogen-bond donors (Lipinski definition) is 1. The molecule has 220 valence electrons. The second kappa shape index (κ2) is 13.4. The molecular formula is C35H33NO7. The van der Waals surface area contributed by atoms with Crippen LogP contribution in [0.25, 0.3) is 0 Å². The van der Waals surface area contributed by atoms with E-state index in [1.165, 1.54) is 0 Å². The van der Waals surface area contributed by atoms with Gasteiger partial charge in [0.1, 0.15) is 24.4 Å². The first-order valence-electron chi connectivity index (χ1n) is 14.3. The van der Waals surface area contributed by atoms with Crippen molar-refractivity contribution in [2.24, 2.45) is 0 Å². The summed E-state index contributed by atoms with van der Waals surface area (Å²) in [7, 11) is 0. The summed E-state index contributed by atoms with van der Waals surface area (Å²) in [4.78, 5) is 28.5. The van der Waals surface area contributed by atoms with Gasteiger partial charge >= 0.3 is 0 Å². The van der Waals surface area contributed by atoms with Crippen LogP contribution in [0.3, 0.4) is 0 Å². The normalized spacial score (nSPS) is 23.4. The third kappa shape index (κ3) is 6.44. The standard InChI is InChI=1S/C35H33NO7/c37-31-29(23-40-20-24-12-4-1-5-13-24)43-35(42-22-26-16-8-3-9-17-26)30(32(31)41-21-25-14-6-2-7-15-25)36-33(38)27-18-10-11-19-28(27)34(36)39/h1-19,29-32,35,37H,20-23H2/t29?,30?,31-,32?,35-/m1/s1. The Bertz CT molecular complexity index is 1480. The third-order valence-corrected chi connectivity index (χ3v) is 7.70. The van der Waals surface area contributed by atoms with Gasteiger partial charge in [0.15, 0.2) is 6.29 Å². The molecule has 3 unspecified atom stereocenters. The molecule has 8 nitrogen and oxygen atoms in total. The molecule has 2 amide bonds. The highest BCUT2D eigenvalue weighted by atomic mass is 16.7. The smallest absolute Gasteiger partial charge is 0.262 e. The molecule has 2 aliphatic rings. The number of carbonyl (C=O) groups excluding carboxylic acids is 2. The van der Waals surface area contributed by atoms with Crippen LogP contribution in [0.5, 0.6) is 0 Å². The van der Waals surface area contributed by atoms with Gasteiger partial charge in [-0.2, -0.15) is 0 Å². The Hall–Kier alpha value is -4.18. The number of nitrogens with zero attached hydrogens (tertiary/aromatic N) is 1. The Balaban J connectivity index is 1.31. The monoisotopic (exact) mass is 579 g/mol. The molecule has 0 aliphatic carbocycles. The zero-order valence-corrected chi connectivity index (χ0v) is 23.5. The summed E-state index contributed by atoms with van der Waals surface area (Å²) in [6.45, 7) is 0.664. The maximum atomic E-state index is 13.7. The number of ether oxygens (including phenoxy) is 4. The van der Waals surface area contributed by atoms with Gasteiger partial charge in [0.05, 0.1) is 37.6 Å². The molecule has 0 radical (unpaired) electrons. The predicted molar refractivity (Wildman–Crippen MR) is 158 cm³/mol. The zero-order chi connectivity index (χ0) is 29.6. The van der Waals surface area contributed by atoms with Crippen LogP contribution in [0.2, 0.25) is 0 Å². The molecule has 5 atom stereocenters. The quantitative estimate of drug-likeness (QED) is 0.256. The van der Waals surface area contributed by atoms with Crippen molar-refractivity contribution in [3.05, 3.63) is 143 Å². The van der Waals surface area contributed by atoms with Gasteiger partial charge in [0.2, 0.25) is 0 Å². The van der Waals surface area contributed by atoms with E-state index in [4.69, 9.17) is 18.9 Å². The van der Waals surface area contributed by atoms with E-state index in [9.17, 15) is 14.7 Å². The third-order valence-electron chi connectivity index (χ3n) is 7.70. The Morgan fingerprint density at radius 3 is 1.63 bits per heavy atom. The van der Waals surface area contributed by atoms with Gasteiger partial charge in [-0.3, -0.25) is 14.5 Å².